The van der Waals surface area contributed by atoms with Crippen molar-refractivity contribution in [2.45, 2.75) is 40.0 Å². The number of anilines is 1. The third-order valence-electron chi connectivity index (χ3n) is 3.04. The molecule has 0 heterocycles. The van der Waals surface area contributed by atoms with Crippen molar-refractivity contribution in [1.82, 2.24) is 0 Å². The summed E-state index contributed by atoms with van der Waals surface area (Å²) < 4.78 is 0. The van der Waals surface area contributed by atoms with E-state index in [1.54, 1.807) is 0 Å². The van der Waals surface area contributed by atoms with E-state index in [1.807, 2.05) is 35.2 Å². The molecule has 0 saturated carbocycles. The first-order valence-electron chi connectivity index (χ1n) is 6.54. The smallest absolute Gasteiger partial charge is 0.227 e. The number of nitrogens with zero attached hydrogens (tertiary/aromatic N) is 1. The van der Waals surface area contributed by atoms with Gasteiger partial charge in [0.2, 0.25) is 5.91 Å². The number of para-hydroxylation sites is 1. The first kappa shape index (κ1) is 13.8. The number of hydrogen-bond acceptors (Lipinski definition) is 1. The van der Waals surface area contributed by atoms with E-state index in [9.17, 15) is 4.79 Å². The van der Waals surface area contributed by atoms with Gasteiger partial charge in [0, 0.05) is 18.7 Å². The van der Waals surface area contributed by atoms with Gasteiger partial charge in [-0.15, -0.1) is 0 Å². The van der Waals surface area contributed by atoms with Crippen LogP contribution >= 0.6 is 0 Å². The van der Waals surface area contributed by atoms with Gasteiger partial charge in [-0.05, 0) is 24.5 Å². The molecule has 1 aromatic rings. The van der Waals surface area contributed by atoms with Crippen LogP contribution in [0.25, 0.3) is 0 Å². The summed E-state index contributed by atoms with van der Waals surface area (Å²) in [5.41, 5.74) is 1.02. The molecule has 2 nitrogen and oxygen atoms in total. The summed E-state index contributed by atoms with van der Waals surface area (Å²) in [6.45, 7) is 7.17. The van der Waals surface area contributed by atoms with Crippen molar-refractivity contribution in [2.75, 3.05) is 11.4 Å². The van der Waals surface area contributed by atoms with E-state index in [1.165, 1.54) is 0 Å². The van der Waals surface area contributed by atoms with Crippen molar-refractivity contribution in [3.8, 4) is 0 Å². The van der Waals surface area contributed by atoms with E-state index in [0.717, 1.165) is 25.1 Å². The third-order valence-corrected chi connectivity index (χ3v) is 3.04. The maximum atomic E-state index is 12.2. The summed E-state index contributed by atoms with van der Waals surface area (Å²) in [7, 11) is 0. The highest BCUT2D eigenvalue weighted by atomic mass is 16.2. The van der Waals surface area contributed by atoms with Crippen molar-refractivity contribution >= 4 is 11.6 Å². The van der Waals surface area contributed by atoms with Crippen molar-refractivity contribution in [3.63, 3.8) is 0 Å². The zero-order valence-corrected chi connectivity index (χ0v) is 11.1. The molecule has 0 N–H and O–H groups in total. The average Bonchev–Trinajstić information content (AvgIpc) is 2.36. The number of carbonyl (C=O) groups excluding carboxylic acids is 1. The van der Waals surface area contributed by atoms with Crippen LogP contribution in [0, 0.1) is 5.92 Å². The fourth-order valence-corrected chi connectivity index (χ4v) is 1.78. The molecule has 1 amide bonds. The number of amides is 1. The predicted octanol–water partition coefficient (Wildman–Crippen LogP) is 3.87. The monoisotopic (exact) mass is 233 g/mol. The van der Waals surface area contributed by atoms with Crippen LogP contribution < -0.4 is 4.90 Å². The lowest BCUT2D eigenvalue weighted by Crippen LogP contribution is -2.32. The Hall–Kier alpha value is -1.31. The number of rotatable bonds is 6. The van der Waals surface area contributed by atoms with E-state index in [-0.39, 0.29) is 5.91 Å². The van der Waals surface area contributed by atoms with E-state index >= 15 is 0 Å². The van der Waals surface area contributed by atoms with Gasteiger partial charge in [0.05, 0.1) is 0 Å². The van der Waals surface area contributed by atoms with Crippen molar-refractivity contribution in [2.24, 2.45) is 5.92 Å². The van der Waals surface area contributed by atoms with Gasteiger partial charge in [-0.1, -0.05) is 45.4 Å². The van der Waals surface area contributed by atoms with Crippen LogP contribution in [0.4, 0.5) is 5.69 Å². The maximum Gasteiger partial charge on any atom is 0.227 e. The molecular weight excluding hydrogens is 210 g/mol. The third kappa shape index (κ3) is 4.22. The normalized spacial score (nSPS) is 12.2. The van der Waals surface area contributed by atoms with E-state index < -0.39 is 0 Å². The fraction of sp³-hybridized carbons (Fsp3) is 0.533. The van der Waals surface area contributed by atoms with Gasteiger partial charge in [-0.3, -0.25) is 4.79 Å². The molecule has 0 radical (unpaired) electrons. The Morgan fingerprint density at radius 2 is 1.88 bits per heavy atom. The molecule has 0 aliphatic rings. The summed E-state index contributed by atoms with van der Waals surface area (Å²) in [4.78, 5) is 14.1. The molecule has 0 bridgehead atoms. The Morgan fingerprint density at radius 1 is 1.24 bits per heavy atom. The van der Waals surface area contributed by atoms with E-state index in [0.29, 0.717) is 12.3 Å². The zero-order valence-electron chi connectivity index (χ0n) is 11.1. The van der Waals surface area contributed by atoms with Gasteiger partial charge in [-0.2, -0.15) is 0 Å². The second-order valence-electron chi connectivity index (χ2n) is 4.60. The zero-order chi connectivity index (χ0) is 12.7. The molecule has 0 fully saturated rings. The second-order valence-corrected chi connectivity index (χ2v) is 4.60. The Morgan fingerprint density at radius 3 is 2.41 bits per heavy atom. The van der Waals surface area contributed by atoms with Crippen LogP contribution in [0.5, 0.6) is 0 Å². The second kappa shape index (κ2) is 7.10. The molecule has 0 aromatic heterocycles. The molecule has 17 heavy (non-hydrogen) atoms. The lowest BCUT2D eigenvalue weighted by Gasteiger charge is -2.23. The molecule has 2 heteroatoms. The van der Waals surface area contributed by atoms with Gasteiger partial charge >= 0.3 is 0 Å². The molecule has 0 spiro atoms. The maximum absolute atomic E-state index is 12.2. The minimum absolute atomic E-state index is 0.243. The standard InChI is InChI=1S/C15H23NO/c1-4-11-16(14-9-7-6-8-10-14)15(17)12-13(3)5-2/h6-10,13H,4-5,11-12H2,1-3H3. The quantitative estimate of drug-likeness (QED) is 0.730. The molecule has 0 aliphatic carbocycles. The molecule has 94 valence electrons. The molecule has 1 unspecified atom stereocenters. The van der Waals surface area contributed by atoms with Gasteiger partial charge in [-0.25, -0.2) is 0 Å². The fourth-order valence-electron chi connectivity index (χ4n) is 1.78. The molecule has 1 rings (SSSR count). The average molecular weight is 233 g/mol. The number of hydrogen-bond donors (Lipinski definition) is 0. The van der Waals surface area contributed by atoms with Gasteiger partial charge in [0.25, 0.3) is 0 Å². The summed E-state index contributed by atoms with van der Waals surface area (Å²) in [5.74, 6) is 0.706. The van der Waals surface area contributed by atoms with Gasteiger partial charge in [0.15, 0.2) is 0 Å². The Labute approximate surface area is 105 Å². The summed E-state index contributed by atoms with van der Waals surface area (Å²) in [6, 6.07) is 9.95. The Balaban J connectivity index is 2.75. The SMILES string of the molecule is CCCN(C(=O)CC(C)CC)c1ccccc1. The van der Waals surface area contributed by atoms with E-state index in [4.69, 9.17) is 0 Å². The summed E-state index contributed by atoms with van der Waals surface area (Å²) in [5, 5.41) is 0. The highest BCUT2D eigenvalue weighted by Gasteiger charge is 2.16. The highest BCUT2D eigenvalue weighted by molar-refractivity contribution is 5.93. The lowest BCUT2D eigenvalue weighted by molar-refractivity contribution is -0.119. The van der Waals surface area contributed by atoms with Crippen LogP contribution in [0.3, 0.4) is 0 Å². The highest BCUT2D eigenvalue weighted by Crippen LogP contribution is 2.17. The van der Waals surface area contributed by atoms with Crippen LogP contribution in [0.2, 0.25) is 0 Å². The molecule has 1 atom stereocenters. The molecule has 0 aliphatic heterocycles. The van der Waals surface area contributed by atoms with Crippen molar-refractivity contribution < 1.29 is 4.79 Å². The van der Waals surface area contributed by atoms with Crippen LogP contribution in [-0.4, -0.2) is 12.5 Å². The molecular formula is C15H23NO. The number of carbonyl (C=O) groups is 1. The largest absolute Gasteiger partial charge is 0.312 e. The van der Waals surface area contributed by atoms with Crippen LogP contribution in [0.15, 0.2) is 30.3 Å². The molecule has 0 saturated heterocycles. The van der Waals surface area contributed by atoms with Crippen molar-refractivity contribution in [3.05, 3.63) is 30.3 Å². The van der Waals surface area contributed by atoms with Crippen LogP contribution in [0.1, 0.15) is 40.0 Å². The minimum atomic E-state index is 0.243. The Kier molecular flexibility index (Phi) is 5.75. The lowest BCUT2D eigenvalue weighted by atomic mass is 10.0. The van der Waals surface area contributed by atoms with Crippen LogP contribution in [-0.2, 0) is 4.79 Å². The topological polar surface area (TPSA) is 20.3 Å². The van der Waals surface area contributed by atoms with Gasteiger partial charge in [0.1, 0.15) is 0 Å². The predicted molar refractivity (Wildman–Crippen MR) is 73.2 cm³/mol. The van der Waals surface area contributed by atoms with Crippen molar-refractivity contribution in [1.29, 1.82) is 0 Å². The number of benzene rings is 1. The Bertz CT molecular complexity index is 334. The minimum Gasteiger partial charge on any atom is -0.312 e. The first-order valence-corrected chi connectivity index (χ1v) is 6.54. The van der Waals surface area contributed by atoms with Gasteiger partial charge < -0.3 is 4.90 Å². The first-order chi connectivity index (χ1) is 8.19. The summed E-state index contributed by atoms with van der Waals surface area (Å²) >= 11 is 0. The molecule has 1 aromatic carbocycles. The summed E-state index contributed by atoms with van der Waals surface area (Å²) in [6.07, 6.45) is 2.69. The van der Waals surface area contributed by atoms with E-state index in [2.05, 4.69) is 20.8 Å².